The summed E-state index contributed by atoms with van der Waals surface area (Å²) in [5, 5.41) is 26.2. The van der Waals surface area contributed by atoms with Crippen molar-refractivity contribution >= 4 is 0 Å². The van der Waals surface area contributed by atoms with Gasteiger partial charge in [-0.1, -0.05) is 90.6 Å². The van der Waals surface area contributed by atoms with Crippen molar-refractivity contribution in [1.29, 1.82) is 5.26 Å². The lowest BCUT2D eigenvalue weighted by atomic mass is 9.56. The fourth-order valence-electron chi connectivity index (χ4n) is 6.79. The van der Waals surface area contributed by atoms with E-state index in [0.29, 0.717) is 0 Å². The minimum absolute atomic E-state index is 0.0541. The van der Waals surface area contributed by atoms with Crippen LogP contribution in [-0.4, -0.2) is 45.2 Å². The van der Waals surface area contributed by atoms with Crippen molar-refractivity contribution < 1.29 is 0 Å². The highest BCUT2D eigenvalue weighted by Gasteiger charge is 2.52. The highest BCUT2D eigenvalue weighted by atomic mass is 15.5. The Balaban J connectivity index is 1.35. The number of hydrogen-bond donors (Lipinski definition) is 1. The Morgan fingerprint density at radius 2 is 1.97 bits per heavy atom. The van der Waals surface area contributed by atoms with E-state index in [0.717, 1.165) is 63.1 Å². The van der Waals surface area contributed by atoms with Crippen LogP contribution < -0.4 is 0 Å². The molecule has 0 bridgehead atoms. The maximum atomic E-state index is 10.6. The molecule has 1 N–H and O–H groups in total. The van der Waals surface area contributed by atoms with Crippen LogP contribution in [0.1, 0.15) is 57.3 Å². The van der Waals surface area contributed by atoms with Gasteiger partial charge in [0.1, 0.15) is 0 Å². The average molecular weight is 481 g/mol. The number of H-pyrrole nitrogens is 1. The summed E-state index contributed by atoms with van der Waals surface area (Å²) in [4.78, 5) is 2.54. The predicted octanol–water partition coefficient (Wildman–Crippen LogP) is 5.43. The van der Waals surface area contributed by atoms with Gasteiger partial charge in [0.15, 0.2) is 5.82 Å². The fraction of sp³-hybridized carbons (Fsp3) is 0.467. The quantitative estimate of drug-likeness (QED) is 0.571. The average Bonchev–Trinajstić information content (AvgIpc) is 3.46. The third kappa shape index (κ3) is 4.26. The zero-order chi connectivity index (χ0) is 25.1. The first kappa shape index (κ1) is 24.4. The first-order chi connectivity index (χ1) is 17.5. The van der Waals surface area contributed by atoms with Gasteiger partial charge >= 0.3 is 0 Å². The molecule has 36 heavy (non-hydrogen) atoms. The molecule has 3 unspecified atom stereocenters. The second kappa shape index (κ2) is 9.99. The van der Waals surface area contributed by atoms with Crippen LogP contribution in [0.25, 0.3) is 0 Å². The van der Waals surface area contributed by atoms with Gasteiger partial charge < -0.3 is 4.90 Å². The predicted molar refractivity (Wildman–Crippen MR) is 142 cm³/mol. The lowest BCUT2D eigenvalue weighted by Crippen LogP contribution is -2.52. The number of nitrogens with one attached hydrogen (secondary N) is 1. The van der Waals surface area contributed by atoms with Gasteiger partial charge in [-0.25, -0.2) is 0 Å². The Kier molecular flexibility index (Phi) is 6.77. The van der Waals surface area contributed by atoms with Gasteiger partial charge in [0.05, 0.1) is 11.5 Å². The molecule has 6 heteroatoms. The van der Waals surface area contributed by atoms with Gasteiger partial charge in [0.25, 0.3) is 0 Å². The van der Waals surface area contributed by atoms with Crippen LogP contribution in [0.5, 0.6) is 0 Å². The molecular weight excluding hydrogens is 444 g/mol. The maximum absolute atomic E-state index is 10.6. The Bertz CT molecular complexity index is 1190. The first-order valence-corrected chi connectivity index (χ1v) is 13.1. The Hall–Kier alpha value is -3.30. The summed E-state index contributed by atoms with van der Waals surface area (Å²) in [6.45, 7) is 7.37. The molecule has 2 aliphatic carbocycles. The molecule has 2 heterocycles. The maximum Gasteiger partial charge on any atom is 0.181 e. The number of piperidine rings is 1. The van der Waals surface area contributed by atoms with Gasteiger partial charge in [-0.3, -0.25) is 0 Å². The summed E-state index contributed by atoms with van der Waals surface area (Å²) in [7, 11) is 0. The second-order valence-corrected chi connectivity index (χ2v) is 11.0. The standard InChI is InChI=1S/C30H36N6/c1-24-10-9-15-28(2,22-24)30(27-32-34-35-33-27)17-20-36(21-18-30)19-16-29(23-31,25-11-5-3-6-12-25)26-13-7-4-8-14-26/h3-13,15,26H,14,16-22H2,1-2H3,(H,32,33,34,35). The SMILES string of the molecule is CC1=CC=CC(C)(C2(c3nn[nH]n3)CCN(CCC(C#N)(c3ccccc3)C3C=CC=CC3)CC2)C1. The minimum atomic E-state index is -0.537. The van der Waals surface area contributed by atoms with Crippen LogP contribution in [0.3, 0.4) is 0 Å². The van der Waals surface area contributed by atoms with Gasteiger partial charge in [-0.05, 0) is 57.7 Å². The van der Waals surface area contributed by atoms with Crippen LogP contribution in [0, 0.1) is 22.7 Å². The van der Waals surface area contributed by atoms with Gasteiger partial charge in [-0.15, -0.1) is 10.2 Å². The van der Waals surface area contributed by atoms with Crippen LogP contribution >= 0.6 is 0 Å². The number of nitriles is 1. The number of rotatable bonds is 7. The van der Waals surface area contributed by atoms with E-state index in [1.54, 1.807) is 0 Å². The number of allylic oxidation sites excluding steroid dienone is 8. The molecule has 186 valence electrons. The van der Waals surface area contributed by atoms with Crippen molar-refractivity contribution in [2.45, 2.75) is 56.8 Å². The van der Waals surface area contributed by atoms with Crippen LogP contribution in [0.2, 0.25) is 0 Å². The van der Waals surface area contributed by atoms with Crippen molar-refractivity contribution in [3.63, 3.8) is 0 Å². The molecule has 0 amide bonds. The lowest BCUT2D eigenvalue weighted by molar-refractivity contribution is 0.0691. The largest absolute Gasteiger partial charge is 0.303 e. The Labute approximate surface area is 214 Å². The number of benzene rings is 1. The molecule has 0 spiro atoms. The normalized spacial score (nSPS) is 27.2. The molecule has 2 aromatic rings. The van der Waals surface area contributed by atoms with E-state index >= 15 is 0 Å². The van der Waals surface area contributed by atoms with Gasteiger partial charge in [0.2, 0.25) is 0 Å². The molecule has 5 rings (SSSR count). The molecule has 1 aromatic carbocycles. The first-order valence-electron chi connectivity index (χ1n) is 13.1. The van der Waals surface area contributed by atoms with Crippen molar-refractivity contribution in [2.75, 3.05) is 19.6 Å². The summed E-state index contributed by atoms with van der Waals surface area (Å²) in [6, 6.07) is 13.2. The van der Waals surface area contributed by atoms with E-state index in [4.69, 9.17) is 0 Å². The summed E-state index contributed by atoms with van der Waals surface area (Å²) in [5.74, 6) is 1.01. The van der Waals surface area contributed by atoms with E-state index in [1.807, 2.05) is 6.07 Å². The molecule has 1 fully saturated rings. The smallest absolute Gasteiger partial charge is 0.181 e. The Morgan fingerprint density at radius 3 is 2.61 bits per heavy atom. The summed E-state index contributed by atoms with van der Waals surface area (Å²) < 4.78 is 0. The number of nitrogens with zero attached hydrogens (tertiary/aromatic N) is 5. The molecule has 3 aliphatic rings. The van der Waals surface area contributed by atoms with Gasteiger partial charge in [0, 0.05) is 23.3 Å². The van der Waals surface area contributed by atoms with E-state index in [1.165, 1.54) is 5.57 Å². The number of aromatic nitrogens is 4. The van der Waals surface area contributed by atoms with Crippen LogP contribution in [0.15, 0.2) is 78.4 Å². The summed E-state index contributed by atoms with van der Waals surface area (Å²) >= 11 is 0. The molecule has 1 aromatic heterocycles. The van der Waals surface area contributed by atoms with Crippen molar-refractivity contribution in [1.82, 2.24) is 25.5 Å². The third-order valence-electron chi connectivity index (χ3n) is 8.99. The van der Waals surface area contributed by atoms with E-state index in [9.17, 15) is 5.26 Å². The number of aromatic amines is 1. The fourth-order valence-corrected chi connectivity index (χ4v) is 6.79. The monoisotopic (exact) mass is 480 g/mol. The highest BCUT2D eigenvalue weighted by molar-refractivity contribution is 5.37. The molecule has 6 nitrogen and oxygen atoms in total. The van der Waals surface area contributed by atoms with E-state index < -0.39 is 5.41 Å². The second-order valence-electron chi connectivity index (χ2n) is 11.0. The number of likely N-dealkylation sites (tertiary alicyclic amines) is 1. The number of hydrogen-bond acceptors (Lipinski definition) is 5. The lowest BCUT2D eigenvalue weighted by Gasteiger charge is -2.51. The van der Waals surface area contributed by atoms with Crippen LogP contribution in [0.4, 0.5) is 0 Å². The molecule has 1 aliphatic heterocycles. The van der Waals surface area contributed by atoms with Crippen molar-refractivity contribution in [2.24, 2.45) is 11.3 Å². The molecule has 0 radical (unpaired) electrons. The molecule has 0 saturated carbocycles. The van der Waals surface area contributed by atoms with Crippen LogP contribution in [-0.2, 0) is 10.8 Å². The van der Waals surface area contributed by atoms with E-state index in [-0.39, 0.29) is 16.7 Å². The summed E-state index contributed by atoms with van der Waals surface area (Å²) in [6.07, 6.45) is 20.0. The van der Waals surface area contributed by atoms with Crippen molar-refractivity contribution in [3.05, 3.63) is 89.8 Å². The molecule has 3 atom stereocenters. The zero-order valence-corrected chi connectivity index (χ0v) is 21.4. The zero-order valence-electron chi connectivity index (χ0n) is 21.4. The van der Waals surface area contributed by atoms with E-state index in [2.05, 4.69) is 112 Å². The molecule has 1 saturated heterocycles. The van der Waals surface area contributed by atoms with Gasteiger partial charge in [-0.2, -0.15) is 10.5 Å². The topological polar surface area (TPSA) is 81.5 Å². The third-order valence-corrected chi connectivity index (χ3v) is 8.99. The Morgan fingerprint density at radius 1 is 1.17 bits per heavy atom. The minimum Gasteiger partial charge on any atom is -0.303 e. The summed E-state index contributed by atoms with van der Waals surface area (Å²) in [5.41, 5.74) is 1.76. The molecular formula is C30H36N6. The highest BCUT2D eigenvalue weighted by Crippen LogP contribution is 2.53. The van der Waals surface area contributed by atoms with Crippen molar-refractivity contribution in [3.8, 4) is 6.07 Å². The number of tetrazole rings is 1.